The summed E-state index contributed by atoms with van der Waals surface area (Å²) in [4.78, 5) is 12.6. The minimum absolute atomic E-state index is 0.236. The van der Waals surface area contributed by atoms with Crippen molar-refractivity contribution in [2.45, 2.75) is 6.92 Å². The monoisotopic (exact) mass is 443 g/mol. The number of carbonyl (C=O) groups is 1. The third kappa shape index (κ3) is 4.70. The highest BCUT2D eigenvalue weighted by molar-refractivity contribution is 6.05. The van der Waals surface area contributed by atoms with Gasteiger partial charge in [0.05, 0.1) is 27.6 Å². The van der Waals surface area contributed by atoms with Gasteiger partial charge < -0.3 is 23.9 Å². The number of benzene rings is 3. The number of amides is 1. The Balaban J connectivity index is 1.68. The van der Waals surface area contributed by atoms with E-state index < -0.39 is 0 Å². The van der Waals surface area contributed by atoms with Gasteiger partial charge in [-0.15, -0.1) is 0 Å². The van der Waals surface area contributed by atoms with Gasteiger partial charge >= 0.3 is 0 Å². The molecule has 0 aliphatic rings. The van der Waals surface area contributed by atoms with Crippen LogP contribution in [0.15, 0.2) is 77.4 Å². The van der Waals surface area contributed by atoms with Crippen LogP contribution in [0, 0.1) is 0 Å². The first-order valence-electron chi connectivity index (χ1n) is 10.4. The Bertz CT molecular complexity index is 1320. The maximum Gasteiger partial charge on any atom is 0.248 e. The van der Waals surface area contributed by atoms with Crippen LogP contribution in [0.4, 0.5) is 5.69 Å². The van der Waals surface area contributed by atoms with E-state index in [0.29, 0.717) is 17.0 Å². The van der Waals surface area contributed by atoms with E-state index in [1.165, 1.54) is 0 Å². The van der Waals surface area contributed by atoms with Crippen molar-refractivity contribution in [1.82, 2.24) is 0 Å². The number of rotatable bonds is 7. The highest BCUT2D eigenvalue weighted by Gasteiger charge is 2.15. The number of ether oxygens (including phenoxy) is 3. The van der Waals surface area contributed by atoms with Crippen LogP contribution >= 0.6 is 0 Å². The lowest BCUT2D eigenvalue weighted by Crippen LogP contribution is -2.08. The number of allylic oxidation sites excluding steroid dienone is 1. The Hall–Kier alpha value is -4.19. The van der Waals surface area contributed by atoms with E-state index >= 15 is 0 Å². The van der Waals surface area contributed by atoms with Gasteiger partial charge in [-0.25, -0.2) is 0 Å². The minimum Gasteiger partial charge on any atom is -0.497 e. The quantitative estimate of drug-likeness (QED) is 0.346. The fourth-order valence-electron chi connectivity index (χ4n) is 3.67. The number of anilines is 1. The van der Waals surface area contributed by atoms with E-state index in [4.69, 9.17) is 18.6 Å². The lowest BCUT2D eigenvalue weighted by Gasteiger charge is -2.10. The molecule has 33 heavy (non-hydrogen) atoms. The van der Waals surface area contributed by atoms with Gasteiger partial charge in [-0.3, -0.25) is 4.79 Å². The van der Waals surface area contributed by atoms with Crippen molar-refractivity contribution in [3.05, 3.63) is 78.6 Å². The fraction of sp³-hybridized carbons (Fsp3) is 0.148. The van der Waals surface area contributed by atoms with Crippen molar-refractivity contribution in [3.63, 3.8) is 0 Å². The Labute approximate surface area is 192 Å². The molecule has 0 saturated heterocycles. The van der Waals surface area contributed by atoms with Crippen LogP contribution in [-0.4, -0.2) is 27.2 Å². The Morgan fingerprint density at radius 1 is 0.909 bits per heavy atom. The van der Waals surface area contributed by atoms with Crippen molar-refractivity contribution in [2.24, 2.45) is 0 Å². The standard InChI is InChI=1S/C27H25NO5/c1-17(12-27(29)28-19-8-10-20(30-2)11-9-19)22-14-23-24(16-33-26(23)15-25(22)32-4)18-6-5-7-21(13-18)31-3/h5-16H,1-4H3,(H,28,29)/b17-12+. The summed E-state index contributed by atoms with van der Waals surface area (Å²) in [5.74, 6) is 1.88. The van der Waals surface area contributed by atoms with Crippen LogP contribution in [0.2, 0.25) is 0 Å². The van der Waals surface area contributed by atoms with Gasteiger partial charge in [0.1, 0.15) is 22.8 Å². The molecule has 168 valence electrons. The third-order valence-electron chi connectivity index (χ3n) is 5.41. The molecule has 1 N–H and O–H groups in total. The van der Waals surface area contributed by atoms with Gasteiger partial charge in [0, 0.05) is 34.3 Å². The largest absolute Gasteiger partial charge is 0.497 e. The Morgan fingerprint density at radius 2 is 1.67 bits per heavy atom. The molecular formula is C27H25NO5. The second-order valence-corrected chi connectivity index (χ2v) is 7.48. The van der Waals surface area contributed by atoms with Gasteiger partial charge in [-0.1, -0.05) is 12.1 Å². The van der Waals surface area contributed by atoms with Gasteiger partial charge in [0.2, 0.25) is 5.91 Å². The molecule has 4 rings (SSSR count). The number of furan rings is 1. The molecule has 0 bridgehead atoms. The second-order valence-electron chi connectivity index (χ2n) is 7.48. The zero-order chi connectivity index (χ0) is 23.4. The molecule has 1 amide bonds. The molecule has 1 heterocycles. The summed E-state index contributed by atoms with van der Waals surface area (Å²) in [6, 6.07) is 18.8. The van der Waals surface area contributed by atoms with Crippen LogP contribution in [0.5, 0.6) is 17.2 Å². The van der Waals surface area contributed by atoms with Crippen LogP contribution in [0.3, 0.4) is 0 Å². The number of nitrogens with one attached hydrogen (secondary N) is 1. The highest BCUT2D eigenvalue weighted by Crippen LogP contribution is 2.38. The predicted octanol–water partition coefficient (Wildman–Crippen LogP) is 6.17. The maximum absolute atomic E-state index is 12.6. The molecule has 1 aromatic heterocycles. The van der Waals surface area contributed by atoms with E-state index in [0.717, 1.165) is 39.1 Å². The van der Waals surface area contributed by atoms with E-state index in [9.17, 15) is 4.79 Å². The van der Waals surface area contributed by atoms with E-state index in [-0.39, 0.29) is 5.91 Å². The molecule has 3 aromatic carbocycles. The normalized spacial score (nSPS) is 11.3. The first kappa shape index (κ1) is 22.0. The Morgan fingerprint density at radius 3 is 2.36 bits per heavy atom. The number of fused-ring (bicyclic) bond motifs is 1. The first-order valence-corrected chi connectivity index (χ1v) is 10.4. The summed E-state index contributed by atoms with van der Waals surface area (Å²) >= 11 is 0. The summed E-state index contributed by atoms with van der Waals surface area (Å²) < 4.78 is 21.9. The minimum atomic E-state index is -0.236. The van der Waals surface area contributed by atoms with Gasteiger partial charge in [-0.05, 0) is 60.5 Å². The van der Waals surface area contributed by atoms with Gasteiger partial charge in [0.25, 0.3) is 0 Å². The van der Waals surface area contributed by atoms with Gasteiger partial charge in [0.15, 0.2) is 0 Å². The topological polar surface area (TPSA) is 69.9 Å². The number of hydrogen-bond donors (Lipinski definition) is 1. The summed E-state index contributed by atoms with van der Waals surface area (Å²) in [6.45, 7) is 1.88. The molecule has 0 unspecified atom stereocenters. The average Bonchev–Trinajstić information content (AvgIpc) is 3.26. The average molecular weight is 443 g/mol. The van der Waals surface area contributed by atoms with E-state index in [1.54, 1.807) is 57.9 Å². The van der Waals surface area contributed by atoms with Crippen molar-refractivity contribution in [2.75, 3.05) is 26.6 Å². The molecule has 0 fully saturated rings. The molecule has 0 atom stereocenters. The SMILES string of the molecule is COc1ccc(NC(=O)/C=C(\C)c2cc3c(-c4cccc(OC)c4)coc3cc2OC)cc1. The smallest absolute Gasteiger partial charge is 0.248 e. The molecule has 4 aromatic rings. The maximum atomic E-state index is 12.6. The number of carbonyl (C=O) groups excluding carboxylic acids is 1. The highest BCUT2D eigenvalue weighted by atomic mass is 16.5. The van der Waals surface area contributed by atoms with Crippen molar-refractivity contribution in [1.29, 1.82) is 0 Å². The summed E-state index contributed by atoms with van der Waals surface area (Å²) in [7, 11) is 4.84. The molecule has 0 aliphatic heterocycles. The molecule has 0 aliphatic carbocycles. The van der Waals surface area contributed by atoms with E-state index in [2.05, 4.69) is 5.32 Å². The first-order chi connectivity index (χ1) is 16.0. The number of methoxy groups -OCH3 is 3. The molecule has 0 spiro atoms. The second kappa shape index (κ2) is 9.53. The van der Waals surface area contributed by atoms with Crippen molar-refractivity contribution >= 4 is 28.1 Å². The lowest BCUT2D eigenvalue weighted by atomic mass is 9.99. The zero-order valence-electron chi connectivity index (χ0n) is 19.0. The van der Waals surface area contributed by atoms with E-state index in [1.807, 2.05) is 43.3 Å². The number of hydrogen-bond acceptors (Lipinski definition) is 5. The summed E-state index contributed by atoms with van der Waals surface area (Å²) in [5.41, 5.74) is 4.86. The summed E-state index contributed by atoms with van der Waals surface area (Å²) in [5, 5.41) is 3.79. The van der Waals surface area contributed by atoms with Crippen molar-refractivity contribution in [3.8, 4) is 28.4 Å². The third-order valence-corrected chi connectivity index (χ3v) is 5.41. The molecule has 0 saturated carbocycles. The molecule has 6 nitrogen and oxygen atoms in total. The van der Waals surface area contributed by atoms with Crippen LogP contribution < -0.4 is 19.5 Å². The molecule has 6 heteroatoms. The van der Waals surface area contributed by atoms with Crippen molar-refractivity contribution < 1.29 is 23.4 Å². The van der Waals surface area contributed by atoms with Crippen LogP contribution in [0.1, 0.15) is 12.5 Å². The lowest BCUT2D eigenvalue weighted by molar-refractivity contribution is -0.111. The molecular weight excluding hydrogens is 418 g/mol. The summed E-state index contributed by atoms with van der Waals surface area (Å²) in [6.07, 6.45) is 3.28. The fourth-order valence-corrected chi connectivity index (χ4v) is 3.67. The Kier molecular flexibility index (Phi) is 6.36. The van der Waals surface area contributed by atoms with Gasteiger partial charge in [-0.2, -0.15) is 0 Å². The van der Waals surface area contributed by atoms with Crippen LogP contribution in [-0.2, 0) is 4.79 Å². The zero-order valence-corrected chi connectivity index (χ0v) is 19.0. The van der Waals surface area contributed by atoms with Crippen LogP contribution in [0.25, 0.3) is 27.7 Å². The predicted molar refractivity (Wildman–Crippen MR) is 130 cm³/mol. The molecule has 0 radical (unpaired) electrons.